The van der Waals surface area contributed by atoms with Gasteiger partial charge in [0.25, 0.3) is 5.56 Å². The minimum Gasteiger partial charge on any atom is -0.485 e. The van der Waals surface area contributed by atoms with Gasteiger partial charge in [0.15, 0.2) is 5.82 Å². The van der Waals surface area contributed by atoms with Gasteiger partial charge in [-0.2, -0.15) is 0 Å². The van der Waals surface area contributed by atoms with Crippen LogP contribution in [0, 0.1) is 24.7 Å². The van der Waals surface area contributed by atoms with E-state index in [1.54, 1.807) is 30.1 Å². The normalized spacial score (nSPS) is 13.9. The molecule has 1 aromatic carbocycles. The van der Waals surface area contributed by atoms with E-state index < -0.39 is 0 Å². The number of benzene rings is 1. The van der Waals surface area contributed by atoms with E-state index in [2.05, 4.69) is 21.8 Å². The molecule has 0 radical (unpaired) electrons. The summed E-state index contributed by atoms with van der Waals surface area (Å²) in [5, 5.41) is 0. The van der Waals surface area contributed by atoms with Crippen LogP contribution in [0.5, 0.6) is 5.75 Å². The minimum atomic E-state index is -0.241. The summed E-state index contributed by atoms with van der Waals surface area (Å²) in [5.74, 6) is 8.12. The fraction of sp³-hybridized carbons (Fsp3) is 0.320. The van der Waals surface area contributed by atoms with Gasteiger partial charge >= 0.3 is 0 Å². The molecular formula is C25H25N3O3. The van der Waals surface area contributed by atoms with E-state index in [4.69, 9.17) is 9.47 Å². The van der Waals surface area contributed by atoms with E-state index in [9.17, 15) is 4.79 Å². The first-order valence-corrected chi connectivity index (χ1v) is 10.4. The van der Waals surface area contributed by atoms with Crippen LogP contribution in [0.1, 0.15) is 41.5 Å². The lowest BCUT2D eigenvalue weighted by Crippen LogP contribution is -2.29. The lowest BCUT2D eigenvalue weighted by atomic mass is 10.0. The molecule has 1 atom stereocenters. The maximum Gasteiger partial charge on any atom is 0.255 e. The predicted octanol–water partition coefficient (Wildman–Crippen LogP) is 3.52. The van der Waals surface area contributed by atoms with E-state index in [1.807, 2.05) is 37.3 Å². The predicted molar refractivity (Wildman–Crippen MR) is 118 cm³/mol. The molecule has 0 bridgehead atoms. The molecular weight excluding hydrogens is 390 g/mol. The minimum absolute atomic E-state index is 0.149. The molecule has 2 aromatic heterocycles. The van der Waals surface area contributed by atoms with Crippen LogP contribution in [-0.2, 0) is 11.3 Å². The highest BCUT2D eigenvalue weighted by molar-refractivity contribution is 5.38. The molecule has 1 unspecified atom stereocenters. The van der Waals surface area contributed by atoms with E-state index >= 15 is 0 Å². The number of pyridine rings is 1. The third-order valence-electron chi connectivity index (χ3n) is 5.15. The van der Waals surface area contributed by atoms with Crippen LogP contribution in [0.2, 0.25) is 0 Å². The van der Waals surface area contributed by atoms with Gasteiger partial charge in [-0.15, -0.1) is 0 Å². The van der Waals surface area contributed by atoms with Crippen molar-refractivity contribution in [3.8, 4) is 17.6 Å². The Labute approximate surface area is 181 Å². The van der Waals surface area contributed by atoms with Crippen LogP contribution in [-0.4, -0.2) is 28.3 Å². The average molecular weight is 415 g/mol. The Balaban J connectivity index is 1.56. The highest BCUT2D eigenvalue weighted by atomic mass is 16.5. The number of rotatable bonds is 7. The fourth-order valence-corrected chi connectivity index (χ4v) is 3.40. The van der Waals surface area contributed by atoms with Crippen LogP contribution < -0.4 is 10.3 Å². The molecule has 1 aliphatic rings. The van der Waals surface area contributed by atoms with Gasteiger partial charge in [0.05, 0.1) is 12.6 Å². The molecule has 6 nitrogen and oxygen atoms in total. The first-order valence-electron chi connectivity index (χ1n) is 10.4. The third kappa shape index (κ3) is 5.39. The SMILES string of the molecule is COCC(c1ccc(C#CC2CC2)cc1)n1c(C)cc(OCc2ncccn2)cc1=O. The lowest BCUT2D eigenvalue weighted by Gasteiger charge is -2.22. The summed E-state index contributed by atoms with van der Waals surface area (Å²) in [7, 11) is 1.64. The Hall–Kier alpha value is -3.43. The number of aryl methyl sites for hydroxylation is 1. The van der Waals surface area contributed by atoms with Crippen LogP contribution in [0.15, 0.2) is 59.7 Å². The summed E-state index contributed by atoms with van der Waals surface area (Å²) in [6.45, 7) is 2.48. The zero-order valence-electron chi connectivity index (χ0n) is 17.7. The van der Waals surface area contributed by atoms with Crippen molar-refractivity contribution in [1.29, 1.82) is 0 Å². The quantitative estimate of drug-likeness (QED) is 0.553. The molecule has 3 aromatic rings. The smallest absolute Gasteiger partial charge is 0.255 e. The van der Waals surface area contributed by atoms with Crippen LogP contribution in [0.25, 0.3) is 0 Å². The van der Waals surface area contributed by atoms with Crippen LogP contribution in [0.3, 0.4) is 0 Å². The first-order chi connectivity index (χ1) is 15.1. The summed E-state index contributed by atoms with van der Waals surface area (Å²) in [4.78, 5) is 21.3. The molecule has 0 saturated heterocycles. The number of methoxy groups -OCH3 is 1. The molecule has 1 fully saturated rings. The third-order valence-corrected chi connectivity index (χ3v) is 5.15. The Morgan fingerprint density at radius 1 is 1.16 bits per heavy atom. The van der Waals surface area contributed by atoms with Crippen molar-refractivity contribution in [3.63, 3.8) is 0 Å². The Morgan fingerprint density at radius 3 is 2.55 bits per heavy atom. The number of nitrogens with zero attached hydrogens (tertiary/aromatic N) is 3. The van der Waals surface area contributed by atoms with Crippen molar-refractivity contribution in [2.75, 3.05) is 13.7 Å². The summed E-state index contributed by atoms with van der Waals surface area (Å²) >= 11 is 0. The van der Waals surface area contributed by atoms with Gasteiger partial charge in [-0.3, -0.25) is 4.79 Å². The topological polar surface area (TPSA) is 66.2 Å². The van der Waals surface area contributed by atoms with Gasteiger partial charge in [-0.25, -0.2) is 9.97 Å². The average Bonchev–Trinajstić information content (AvgIpc) is 3.61. The van der Waals surface area contributed by atoms with E-state index in [1.165, 1.54) is 18.9 Å². The molecule has 4 rings (SSSR count). The second-order valence-electron chi connectivity index (χ2n) is 7.63. The van der Waals surface area contributed by atoms with Gasteiger partial charge in [0.2, 0.25) is 0 Å². The highest BCUT2D eigenvalue weighted by Gasteiger charge is 2.19. The molecule has 158 valence electrons. The van der Waals surface area contributed by atoms with E-state index in [0.29, 0.717) is 24.1 Å². The van der Waals surface area contributed by atoms with Gasteiger partial charge in [0, 0.05) is 42.7 Å². The molecule has 6 heteroatoms. The monoisotopic (exact) mass is 415 g/mol. The van der Waals surface area contributed by atoms with Crippen molar-refractivity contribution < 1.29 is 9.47 Å². The van der Waals surface area contributed by atoms with Crippen LogP contribution in [0.4, 0.5) is 0 Å². The summed E-state index contributed by atoms with van der Waals surface area (Å²) in [6.07, 6.45) is 5.74. The van der Waals surface area contributed by atoms with Crippen molar-refractivity contribution in [3.05, 3.63) is 87.9 Å². The summed E-state index contributed by atoms with van der Waals surface area (Å²) in [5.41, 5.74) is 2.62. The second-order valence-corrected chi connectivity index (χ2v) is 7.63. The Morgan fingerprint density at radius 2 is 1.90 bits per heavy atom. The lowest BCUT2D eigenvalue weighted by molar-refractivity contribution is 0.167. The number of hydrogen-bond acceptors (Lipinski definition) is 5. The van der Waals surface area contributed by atoms with Crippen molar-refractivity contribution in [2.24, 2.45) is 5.92 Å². The maximum absolute atomic E-state index is 13.0. The van der Waals surface area contributed by atoms with Crippen LogP contribution >= 0.6 is 0 Å². The maximum atomic E-state index is 13.0. The molecule has 1 aliphatic carbocycles. The molecule has 0 aliphatic heterocycles. The Kier molecular flexibility index (Phi) is 6.44. The second kappa shape index (κ2) is 9.59. The molecule has 2 heterocycles. The number of ether oxygens (including phenoxy) is 2. The van der Waals surface area contributed by atoms with Crippen molar-refractivity contribution >= 4 is 0 Å². The molecule has 1 saturated carbocycles. The molecule has 31 heavy (non-hydrogen) atoms. The molecule has 0 N–H and O–H groups in total. The standard InChI is InChI=1S/C25H25N3O3/c1-18-14-22(31-17-24-26-12-3-13-27-24)15-25(29)28(18)23(16-30-2)21-10-8-20(9-11-21)7-6-19-4-5-19/h3,8-15,19,23H,4-5,16-17H2,1-2H3. The molecule has 0 amide bonds. The van der Waals surface area contributed by atoms with Crippen molar-refractivity contribution in [1.82, 2.24) is 14.5 Å². The van der Waals surface area contributed by atoms with Gasteiger partial charge in [-0.05, 0) is 49.6 Å². The largest absolute Gasteiger partial charge is 0.485 e. The summed E-state index contributed by atoms with van der Waals surface area (Å²) in [6, 6.07) is 12.9. The van der Waals surface area contributed by atoms with Gasteiger partial charge in [-0.1, -0.05) is 24.0 Å². The number of hydrogen-bond donors (Lipinski definition) is 0. The van der Waals surface area contributed by atoms with E-state index in [-0.39, 0.29) is 18.2 Å². The number of aromatic nitrogens is 3. The first kappa shape index (κ1) is 20.8. The van der Waals surface area contributed by atoms with Crippen molar-refractivity contribution in [2.45, 2.75) is 32.4 Å². The van der Waals surface area contributed by atoms with Gasteiger partial charge < -0.3 is 14.0 Å². The summed E-state index contributed by atoms with van der Waals surface area (Å²) < 4.78 is 12.9. The van der Waals surface area contributed by atoms with E-state index in [0.717, 1.165) is 16.8 Å². The zero-order chi connectivity index (χ0) is 21.6. The fourth-order valence-electron chi connectivity index (χ4n) is 3.40. The Bertz CT molecular complexity index is 1140. The zero-order valence-corrected chi connectivity index (χ0v) is 17.7. The van der Waals surface area contributed by atoms with Gasteiger partial charge in [0.1, 0.15) is 12.4 Å². The highest BCUT2D eigenvalue weighted by Crippen LogP contribution is 2.27. The molecule has 0 spiro atoms.